The summed E-state index contributed by atoms with van der Waals surface area (Å²) in [6.45, 7) is 3.23. The van der Waals surface area contributed by atoms with E-state index in [0.29, 0.717) is 37.5 Å². The van der Waals surface area contributed by atoms with Gasteiger partial charge in [-0.3, -0.25) is 9.59 Å². The zero-order valence-electron chi connectivity index (χ0n) is 19.0. The van der Waals surface area contributed by atoms with Gasteiger partial charge in [-0.15, -0.1) is 0 Å². The number of carbonyl (C=O) groups is 2. The largest absolute Gasteiger partial charge is 0.507 e. The quantitative estimate of drug-likeness (QED) is 0.279. The van der Waals surface area contributed by atoms with Crippen molar-refractivity contribution in [1.82, 2.24) is 4.90 Å². The Balaban J connectivity index is 2.06. The van der Waals surface area contributed by atoms with Gasteiger partial charge in [0, 0.05) is 45.6 Å². The molecule has 170 valence electrons. The van der Waals surface area contributed by atoms with Gasteiger partial charge in [0.15, 0.2) is 0 Å². The molecule has 1 N–H and O–H groups in total. The van der Waals surface area contributed by atoms with E-state index in [1.807, 2.05) is 50.2 Å². The smallest absolute Gasteiger partial charge is 0.295 e. The van der Waals surface area contributed by atoms with Crippen molar-refractivity contribution in [2.24, 2.45) is 0 Å². The Kier molecular flexibility index (Phi) is 7.53. The Morgan fingerprint density at radius 1 is 1.06 bits per heavy atom. The van der Waals surface area contributed by atoms with Crippen molar-refractivity contribution in [2.45, 2.75) is 19.4 Å². The molecule has 0 aromatic heterocycles. The number of ketones is 1. The molecule has 1 atom stereocenters. The number of carbonyl (C=O) groups excluding carboxylic acids is 2. The normalized spacial score (nSPS) is 17.6. The second kappa shape index (κ2) is 10.3. The minimum Gasteiger partial charge on any atom is -0.507 e. The molecule has 2 aromatic carbocycles. The van der Waals surface area contributed by atoms with E-state index in [9.17, 15) is 14.7 Å². The number of Topliss-reactive ketones (excluding diaryl/α,β-unsaturated/α-hetero) is 1. The summed E-state index contributed by atoms with van der Waals surface area (Å²) in [5.41, 5.74) is 2.31. The topological polar surface area (TPSA) is 79.3 Å². The third-order valence-corrected chi connectivity index (χ3v) is 5.45. The number of ether oxygens (including phenoxy) is 2. The van der Waals surface area contributed by atoms with Crippen LogP contribution in [0, 0.1) is 0 Å². The van der Waals surface area contributed by atoms with E-state index < -0.39 is 17.7 Å². The van der Waals surface area contributed by atoms with Gasteiger partial charge in [0.1, 0.15) is 11.5 Å². The molecule has 7 heteroatoms. The van der Waals surface area contributed by atoms with Crippen LogP contribution < -0.4 is 9.64 Å². The molecule has 1 amide bonds. The maximum Gasteiger partial charge on any atom is 0.295 e. The van der Waals surface area contributed by atoms with Crippen molar-refractivity contribution in [1.29, 1.82) is 0 Å². The first-order chi connectivity index (χ1) is 15.4. The lowest BCUT2D eigenvalue weighted by atomic mass is 9.95. The third-order valence-electron chi connectivity index (χ3n) is 5.45. The summed E-state index contributed by atoms with van der Waals surface area (Å²) in [5.74, 6) is -0.826. The van der Waals surface area contributed by atoms with Crippen LogP contribution in [0.5, 0.6) is 5.75 Å². The van der Waals surface area contributed by atoms with Gasteiger partial charge in [-0.25, -0.2) is 0 Å². The van der Waals surface area contributed by atoms with Gasteiger partial charge in [0.2, 0.25) is 0 Å². The van der Waals surface area contributed by atoms with Gasteiger partial charge < -0.3 is 24.4 Å². The van der Waals surface area contributed by atoms with E-state index in [1.54, 1.807) is 31.4 Å². The molecular formula is C25H30N2O5. The van der Waals surface area contributed by atoms with Crippen LogP contribution in [-0.2, 0) is 14.3 Å². The summed E-state index contributed by atoms with van der Waals surface area (Å²) < 4.78 is 10.6. The van der Waals surface area contributed by atoms with Crippen LogP contribution in [0.1, 0.15) is 30.5 Å². The lowest BCUT2D eigenvalue weighted by Crippen LogP contribution is -2.31. The first-order valence-corrected chi connectivity index (χ1v) is 10.7. The minimum absolute atomic E-state index is 0.0918. The number of nitrogens with zero attached hydrogens (tertiary/aromatic N) is 2. The van der Waals surface area contributed by atoms with Gasteiger partial charge in [-0.1, -0.05) is 12.1 Å². The number of anilines is 1. The predicted molar refractivity (Wildman–Crippen MR) is 124 cm³/mol. The maximum atomic E-state index is 13.0. The Morgan fingerprint density at radius 3 is 2.28 bits per heavy atom. The Hall–Kier alpha value is -3.32. The Bertz CT molecular complexity index is 980. The first-order valence-electron chi connectivity index (χ1n) is 10.7. The molecule has 0 spiro atoms. The summed E-state index contributed by atoms with van der Waals surface area (Å²) in [6, 6.07) is 13.8. The molecule has 2 aromatic rings. The average molecular weight is 439 g/mol. The number of likely N-dealkylation sites (tertiary alicyclic amines) is 1. The molecule has 1 unspecified atom stereocenters. The maximum absolute atomic E-state index is 13.0. The highest BCUT2D eigenvalue weighted by Crippen LogP contribution is 2.40. The van der Waals surface area contributed by atoms with Gasteiger partial charge in [0.05, 0.1) is 18.2 Å². The molecule has 1 aliphatic rings. The SMILES string of the molecule is CCOc1ccc(/C(O)=C2/C(=O)C(=O)N(CCCOC)C2c2ccc(N(C)C)cc2)cc1. The van der Waals surface area contributed by atoms with E-state index in [-0.39, 0.29) is 11.3 Å². The zero-order chi connectivity index (χ0) is 23.3. The molecule has 1 saturated heterocycles. The molecule has 0 bridgehead atoms. The van der Waals surface area contributed by atoms with Gasteiger partial charge in [0.25, 0.3) is 11.7 Å². The van der Waals surface area contributed by atoms with Crippen LogP contribution in [-0.4, -0.2) is 62.7 Å². The number of aliphatic hydroxyl groups is 1. The fourth-order valence-electron chi connectivity index (χ4n) is 3.82. The van der Waals surface area contributed by atoms with Crippen molar-refractivity contribution in [3.8, 4) is 5.75 Å². The molecule has 1 aliphatic heterocycles. The minimum atomic E-state index is -0.685. The lowest BCUT2D eigenvalue weighted by molar-refractivity contribution is -0.140. The van der Waals surface area contributed by atoms with Crippen LogP contribution in [0.4, 0.5) is 5.69 Å². The zero-order valence-corrected chi connectivity index (χ0v) is 19.0. The molecule has 0 aliphatic carbocycles. The van der Waals surface area contributed by atoms with Crippen molar-refractivity contribution >= 4 is 23.1 Å². The average Bonchev–Trinajstić information content (AvgIpc) is 3.04. The van der Waals surface area contributed by atoms with E-state index in [1.165, 1.54) is 4.90 Å². The summed E-state index contributed by atoms with van der Waals surface area (Å²) in [4.78, 5) is 29.4. The number of hydrogen-bond acceptors (Lipinski definition) is 6. The summed E-state index contributed by atoms with van der Waals surface area (Å²) in [7, 11) is 5.48. The molecule has 0 saturated carbocycles. The van der Waals surface area contributed by atoms with Gasteiger partial charge >= 0.3 is 0 Å². The van der Waals surface area contributed by atoms with Crippen LogP contribution in [0.25, 0.3) is 5.76 Å². The number of benzene rings is 2. The molecule has 3 rings (SSSR count). The van der Waals surface area contributed by atoms with E-state index >= 15 is 0 Å². The summed E-state index contributed by atoms with van der Waals surface area (Å²) in [6.07, 6.45) is 0.582. The van der Waals surface area contributed by atoms with Crippen molar-refractivity contribution in [3.63, 3.8) is 0 Å². The van der Waals surface area contributed by atoms with Crippen LogP contribution in [0.3, 0.4) is 0 Å². The fourth-order valence-corrected chi connectivity index (χ4v) is 3.82. The van der Waals surface area contributed by atoms with Crippen molar-refractivity contribution in [2.75, 3.05) is 45.9 Å². The monoisotopic (exact) mass is 438 g/mol. The molecule has 0 radical (unpaired) electrons. The standard InChI is InChI=1S/C25H30N2O5/c1-5-32-20-13-9-18(10-14-20)23(28)21-22(17-7-11-19(12-8-17)26(2)3)27(15-6-16-31-4)25(30)24(21)29/h7-14,22,28H,5-6,15-16H2,1-4H3/b23-21-. The number of amides is 1. The lowest BCUT2D eigenvalue weighted by Gasteiger charge is -2.26. The number of rotatable bonds is 9. The summed E-state index contributed by atoms with van der Waals surface area (Å²) >= 11 is 0. The van der Waals surface area contributed by atoms with Gasteiger partial charge in [-0.05, 0) is 55.3 Å². The summed E-state index contributed by atoms with van der Waals surface area (Å²) in [5, 5.41) is 11.1. The van der Waals surface area contributed by atoms with Crippen molar-refractivity contribution in [3.05, 3.63) is 65.2 Å². The number of hydrogen-bond donors (Lipinski definition) is 1. The van der Waals surface area contributed by atoms with E-state index in [2.05, 4.69) is 0 Å². The molecule has 7 nitrogen and oxygen atoms in total. The number of methoxy groups -OCH3 is 1. The van der Waals surface area contributed by atoms with E-state index in [0.717, 1.165) is 11.3 Å². The highest BCUT2D eigenvalue weighted by atomic mass is 16.5. The van der Waals surface area contributed by atoms with Crippen LogP contribution in [0.15, 0.2) is 54.1 Å². The molecule has 32 heavy (non-hydrogen) atoms. The van der Waals surface area contributed by atoms with E-state index in [4.69, 9.17) is 9.47 Å². The van der Waals surface area contributed by atoms with Crippen molar-refractivity contribution < 1.29 is 24.2 Å². The fraction of sp³-hybridized carbons (Fsp3) is 0.360. The third kappa shape index (κ3) is 4.78. The molecule has 1 fully saturated rings. The predicted octanol–water partition coefficient (Wildman–Crippen LogP) is 3.61. The van der Waals surface area contributed by atoms with Crippen LogP contribution in [0.2, 0.25) is 0 Å². The highest BCUT2D eigenvalue weighted by Gasteiger charge is 2.45. The highest BCUT2D eigenvalue weighted by molar-refractivity contribution is 6.46. The second-order valence-electron chi connectivity index (χ2n) is 7.78. The molecular weight excluding hydrogens is 408 g/mol. The Labute approximate surface area is 188 Å². The Morgan fingerprint density at radius 2 is 1.72 bits per heavy atom. The molecule has 1 heterocycles. The van der Waals surface area contributed by atoms with Crippen LogP contribution >= 0.6 is 0 Å². The first kappa shape index (κ1) is 23.3. The number of aliphatic hydroxyl groups excluding tert-OH is 1. The second-order valence-corrected chi connectivity index (χ2v) is 7.78. The van der Waals surface area contributed by atoms with Gasteiger partial charge in [-0.2, -0.15) is 0 Å².